The van der Waals surface area contributed by atoms with E-state index in [0.717, 1.165) is 6.07 Å². The molecule has 0 atom stereocenters. The Kier molecular flexibility index (Phi) is 3.75. The zero-order chi connectivity index (χ0) is 19.6. The number of allylic oxidation sites excluding steroid dienone is 1. The summed E-state index contributed by atoms with van der Waals surface area (Å²) < 4.78 is 80.5. The van der Waals surface area contributed by atoms with Crippen LogP contribution in [0.2, 0.25) is 0 Å². The van der Waals surface area contributed by atoms with Gasteiger partial charge in [-0.05, 0) is 48.4 Å². The van der Waals surface area contributed by atoms with Gasteiger partial charge in [0.15, 0.2) is 9.84 Å². The highest BCUT2D eigenvalue weighted by Gasteiger charge is 2.39. The van der Waals surface area contributed by atoms with Crippen molar-refractivity contribution in [3.05, 3.63) is 75.8 Å². The normalized spacial score (nSPS) is 17.2. The number of sulfone groups is 1. The summed E-state index contributed by atoms with van der Waals surface area (Å²) in [6.07, 6.45) is 0.201. The molecule has 0 fully saturated rings. The summed E-state index contributed by atoms with van der Waals surface area (Å²) in [7, 11) is -4.12. The van der Waals surface area contributed by atoms with E-state index in [-0.39, 0.29) is 12.0 Å². The molecule has 0 bridgehead atoms. The molecule has 1 aliphatic heterocycles. The number of hydrogen-bond acceptors (Lipinski definition) is 2. The van der Waals surface area contributed by atoms with Crippen LogP contribution in [0.4, 0.5) is 17.6 Å². The van der Waals surface area contributed by atoms with E-state index in [9.17, 15) is 26.0 Å². The number of aromatic amines is 1. The van der Waals surface area contributed by atoms with Crippen molar-refractivity contribution in [3.8, 4) is 0 Å². The molecule has 0 aliphatic carbocycles. The van der Waals surface area contributed by atoms with Crippen molar-refractivity contribution < 1.29 is 26.0 Å². The van der Waals surface area contributed by atoms with Crippen LogP contribution in [-0.2, 0) is 22.2 Å². The number of H-pyrrole nitrogens is 1. The Morgan fingerprint density at radius 2 is 1.85 bits per heavy atom. The van der Waals surface area contributed by atoms with Gasteiger partial charge in [0.25, 0.3) is 5.92 Å². The van der Waals surface area contributed by atoms with Gasteiger partial charge >= 0.3 is 0 Å². The molecule has 0 spiro atoms. The number of fused-ring (bicyclic) bond motifs is 2. The molecule has 1 aliphatic rings. The number of benzene rings is 2. The molecule has 8 heteroatoms. The highest BCUT2D eigenvalue weighted by Crippen LogP contribution is 2.40. The number of rotatable bonds is 2. The maximum atomic E-state index is 14.6. The summed E-state index contributed by atoms with van der Waals surface area (Å²) in [6, 6.07) is 5.60. The lowest BCUT2D eigenvalue weighted by Gasteiger charge is -2.21. The number of hydrogen-bond donors (Lipinski definition) is 1. The van der Waals surface area contributed by atoms with E-state index in [0.29, 0.717) is 39.7 Å². The first-order valence-electron chi connectivity index (χ1n) is 8.00. The third-order valence-corrected chi connectivity index (χ3v) is 6.16. The Morgan fingerprint density at radius 1 is 1.11 bits per heavy atom. The number of aryl methyl sites for hydroxylation is 1. The lowest BCUT2D eigenvalue weighted by Crippen LogP contribution is -2.20. The summed E-state index contributed by atoms with van der Waals surface area (Å²) in [5, 5.41) is 0.907. The Bertz CT molecular complexity index is 1230. The van der Waals surface area contributed by atoms with E-state index in [2.05, 4.69) is 4.98 Å². The van der Waals surface area contributed by atoms with E-state index in [1.807, 2.05) is 0 Å². The summed E-state index contributed by atoms with van der Waals surface area (Å²) in [5.41, 5.74) is 0.989. The highest BCUT2D eigenvalue weighted by atomic mass is 32.2. The van der Waals surface area contributed by atoms with E-state index in [1.165, 1.54) is 18.2 Å². The van der Waals surface area contributed by atoms with Crippen LogP contribution in [0.25, 0.3) is 10.9 Å². The van der Waals surface area contributed by atoms with Crippen molar-refractivity contribution in [2.75, 3.05) is 0 Å². The molecule has 0 unspecified atom stereocenters. The van der Waals surface area contributed by atoms with Crippen molar-refractivity contribution in [1.82, 2.24) is 4.98 Å². The molecule has 0 amide bonds. The molecule has 3 nitrogen and oxygen atoms in total. The Balaban J connectivity index is 1.88. The molecule has 27 heavy (non-hydrogen) atoms. The molecule has 0 radical (unpaired) electrons. The Hall–Kier alpha value is -2.61. The summed E-state index contributed by atoms with van der Waals surface area (Å²) in [4.78, 5) is 2.30. The zero-order valence-corrected chi connectivity index (χ0v) is 14.8. The zero-order valence-electron chi connectivity index (χ0n) is 14.0. The van der Waals surface area contributed by atoms with Crippen LogP contribution < -0.4 is 0 Å². The van der Waals surface area contributed by atoms with Crippen LogP contribution in [0, 0.1) is 18.6 Å². The average molecular weight is 395 g/mol. The predicted octanol–water partition coefficient (Wildman–Crippen LogP) is 4.74. The molecule has 2 aromatic carbocycles. The van der Waals surface area contributed by atoms with Crippen molar-refractivity contribution in [3.63, 3.8) is 0 Å². The minimum Gasteiger partial charge on any atom is -0.358 e. The maximum absolute atomic E-state index is 14.6. The summed E-state index contributed by atoms with van der Waals surface area (Å²) >= 11 is 0. The third kappa shape index (κ3) is 2.84. The molecule has 1 N–H and O–H groups in total. The van der Waals surface area contributed by atoms with Crippen molar-refractivity contribution in [2.45, 2.75) is 24.2 Å². The largest absolute Gasteiger partial charge is 0.358 e. The molecule has 1 aromatic heterocycles. The van der Waals surface area contributed by atoms with Crippen LogP contribution in [0.3, 0.4) is 0 Å². The molecule has 0 saturated carbocycles. The van der Waals surface area contributed by atoms with Gasteiger partial charge in [-0.1, -0.05) is 0 Å². The first-order valence-corrected chi connectivity index (χ1v) is 9.55. The second-order valence-electron chi connectivity index (χ2n) is 6.51. The molecule has 3 aromatic rings. The smallest absolute Gasteiger partial charge is 0.293 e. The fraction of sp³-hybridized carbons (Fsp3) is 0.158. The quantitative estimate of drug-likeness (QED) is 0.638. The second-order valence-corrected chi connectivity index (χ2v) is 8.31. The minimum atomic E-state index is -4.12. The fourth-order valence-electron chi connectivity index (χ4n) is 3.34. The van der Waals surface area contributed by atoms with E-state index in [4.69, 9.17) is 0 Å². The van der Waals surface area contributed by atoms with Gasteiger partial charge in [0.05, 0.1) is 4.90 Å². The van der Waals surface area contributed by atoms with Gasteiger partial charge in [-0.15, -0.1) is 0 Å². The van der Waals surface area contributed by atoms with Crippen LogP contribution in [-0.4, -0.2) is 13.4 Å². The van der Waals surface area contributed by atoms with Gasteiger partial charge < -0.3 is 4.98 Å². The first-order chi connectivity index (χ1) is 12.6. The molecule has 2 heterocycles. The number of halogens is 4. The van der Waals surface area contributed by atoms with Crippen LogP contribution in [0.5, 0.6) is 0 Å². The standard InChI is InChI=1S/C19H13F4NO2S/c1-10-13(14-8-12(20)2-3-17(14)24-10)6-11-7-15-18(9-16(11)21)27(25,26)5-4-19(15,22)23/h2-5,7-9,24H,6H2,1H3. The number of nitrogens with one attached hydrogen (secondary N) is 1. The fourth-order valence-corrected chi connectivity index (χ4v) is 4.61. The molecule has 0 saturated heterocycles. The average Bonchev–Trinajstić information content (AvgIpc) is 2.88. The summed E-state index contributed by atoms with van der Waals surface area (Å²) in [5.74, 6) is -4.91. The summed E-state index contributed by atoms with van der Waals surface area (Å²) in [6.45, 7) is 1.71. The van der Waals surface area contributed by atoms with Gasteiger partial charge in [-0.25, -0.2) is 17.2 Å². The predicted molar refractivity (Wildman–Crippen MR) is 92.4 cm³/mol. The van der Waals surface area contributed by atoms with Crippen LogP contribution in [0.1, 0.15) is 22.4 Å². The number of alkyl halides is 2. The maximum Gasteiger partial charge on any atom is 0.293 e. The van der Waals surface area contributed by atoms with Gasteiger partial charge in [0.1, 0.15) is 11.6 Å². The van der Waals surface area contributed by atoms with E-state index in [1.54, 1.807) is 6.92 Å². The third-order valence-electron chi connectivity index (χ3n) is 4.72. The molecule has 4 rings (SSSR count). The molecular formula is C19H13F4NO2S. The van der Waals surface area contributed by atoms with Crippen molar-refractivity contribution in [1.29, 1.82) is 0 Å². The van der Waals surface area contributed by atoms with Gasteiger partial charge in [0, 0.05) is 40.1 Å². The lowest BCUT2D eigenvalue weighted by molar-refractivity contribution is 0.0480. The van der Waals surface area contributed by atoms with Gasteiger partial charge in [-0.3, -0.25) is 0 Å². The highest BCUT2D eigenvalue weighted by molar-refractivity contribution is 7.94. The molecule has 140 valence electrons. The minimum absolute atomic E-state index is 0.0890. The van der Waals surface area contributed by atoms with Crippen molar-refractivity contribution >= 4 is 20.7 Å². The Morgan fingerprint density at radius 3 is 2.59 bits per heavy atom. The lowest BCUT2D eigenvalue weighted by atomic mass is 9.97. The second kappa shape index (κ2) is 5.69. The van der Waals surface area contributed by atoms with Gasteiger partial charge in [-0.2, -0.15) is 8.78 Å². The first kappa shape index (κ1) is 17.8. The monoisotopic (exact) mass is 395 g/mol. The van der Waals surface area contributed by atoms with E-state index >= 15 is 0 Å². The Labute approximate surface area is 152 Å². The molecular weight excluding hydrogens is 382 g/mol. The topological polar surface area (TPSA) is 49.9 Å². The van der Waals surface area contributed by atoms with Crippen molar-refractivity contribution in [2.24, 2.45) is 0 Å². The number of aromatic nitrogens is 1. The SMILES string of the molecule is Cc1[nH]c2ccc(F)cc2c1Cc1cc2c(cc1F)S(=O)(=O)C=CC2(F)F. The van der Waals surface area contributed by atoms with Crippen LogP contribution >= 0.6 is 0 Å². The van der Waals surface area contributed by atoms with Gasteiger partial charge in [0.2, 0.25) is 0 Å². The van der Waals surface area contributed by atoms with Crippen LogP contribution in [0.15, 0.2) is 46.7 Å². The van der Waals surface area contributed by atoms with E-state index < -0.39 is 37.9 Å².